The molecule has 0 heterocycles. The minimum absolute atomic E-state index is 0.108. The summed E-state index contributed by atoms with van der Waals surface area (Å²) in [6, 6.07) is 9.35. The number of rotatable bonds is 6. The number of anilines is 1. The van der Waals surface area contributed by atoms with Gasteiger partial charge in [-0.05, 0) is 55.3 Å². The van der Waals surface area contributed by atoms with Crippen LogP contribution in [0.25, 0.3) is 6.08 Å². The van der Waals surface area contributed by atoms with Crippen LogP contribution in [-0.4, -0.2) is 25.1 Å². The van der Waals surface area contributed by atoms with Crippen molar-refractivity contribution < 1.29 is 23.5 Å². The standard InChI is InChI=1S/C20H19ClFNO4/c1-12-4-7-15(21)11-17(12)23-20(25)13(2)27-19(24)9-6-14-5-8-18(26-3)16(22)10-14/h4-11,13H,1-3H3,(H,23,25)/b9-6+/t13-/m1/s1. The summed E-state index contributed by atoms with van der Waals surface area (Å²) in [4.78, 5) is 24.1. The zero-order valence-electron chi connectivity index (χ0n) is 15.1. The van der Waals surface area contributed by atoms with Crippen molar-refractivity contribution in [2.45, 2.75) is 20.0 Å². The molecule has 0 unspecified atom stereocenters. The third-order valence-corrected chi connectivity index (χ3v) is 3.94. The van der Waals surface area contributed by atoms with E-state index in [1.807, 2.05) is 6.92 Å². The summed E-state index contributed by atoms with van der Waals surface area (Å²) < 4.78 is 23.5. The molecule has 2 rings (SSSR count). The van der Waals surface area contributed by atoms with Crippen LogP contribution in [0.1, 0.15) is 18.1 Å². The summed E-state index contributed by atoms with van der Waals surface area (Å²) >= 11 is 5.91. The number of ether oxygens (including phenoxy) is 2. The van der Waals surface area contributed by atoms with Crippen LogP contribution in [0.5, 0.6) is 5.75 Å². The van der Waals surface area contributed by atoms with Gasteiger partial charge < -0.3 is 14.8 Å². The van der Waals surface area contributed by atoms with Crippen LogP contribution in [0.2, 0.25) is 5.02 Å². The number of aryl methyl sites for hydroxylation is 1. The number of esters is 1. The van der Waals surface area contributed by atoms with E-state index in [9.17, 15) is 14.0 Å². The molecule has 27 heavy (non-hydrogen) atoms. The highest BCUT2D eigenvalue weighted by Crippen LogP contribution is 2.21. The molecule has 2 aromatic rings. The van der Waals surface area contributed by atoms with Crippen molar-refractivity contribution in [2.24, 2.45) is 0 Å². The van der Waals surface area contributed by atoms with Gasteiger partial charge in [0.2, 0.25) is 0 Å². The molecule has 0 aliphatic heterocycles. The van der Waals surface area contributed by atoms with Gasteiger partial charge in [-0.25, -0.2) is 9.18 Å². The summed E-state index contributed by atoms with van der Waals surface area (Å²) in [5.41, 5.74) is 1.82. The van der Waals surface area contributed by atoms with E-state index < -0.39 is 23.8 Å². The molecule has 0 radical (unpaired) electrons. The molecule has 1 N–H and O–H groups in total. The Morgan fingerprint density at radius 1 is 1.22 bits per heavy atom. The Morgan fingerprint density at radius 3 is 2.63 bits per heavy atom. The first-order valence-corrected chi connectivity index (χ1v) is 8.47. The molecule has 0 aliphatic rings. The molecule has 2 aromatic carbocycles. The van der Waals surface area contributed by atoms with Crippen molar-refractivity contribution in [2.75, 3.05) is 12.4 Å². The van der Waals surface area contributed by atoms with Gasteiger partial charge in [-0.15, -0.1) is 0 Å². The number of halogens is 2. The normalized spacial score (nSPS) is 11.9. The molecule has 1 amide bonds. The second kappa shape index (κ2) is 9.19. The molecular formula is C20H19ClFNO4. The van der Waals surface area contributed by atoms with Crippen molar-refractivity contribution in [3.63, 3.8) is 0 Å². The maximum atomic E-state index is 13.6. The second-order valence-corrected chi connectivity index (χ2v) is 6.19. The first-order chi connectivity index (χ1) is 12.8. The van der Waals surface area contributed by atoms with E-state index >= 15 is 0 Å². The first kappa shape index (κ1) is 20.5. The topological polar surface area (TPSA) is 64.6 Å². The zero-order valence-corrected chi connectivity index (χ0v) is 15.8. The Bertz CT molecular complexity index is 882. The van der Waals surface area contributed by atoms with Gasteiger partial charge in [-0.3, -0.25) is 4.79 Å². The van der Waals surface area contributed by atoms with Gasteiger partial charge in [0.1, 0.15) is 0 Å². The summed E-state index contributed by atoms with van der Waals surface area (Å²) in [7, 11) is 1.36. The number of methoxy groups -OCH3 is 1. The van der Waals surface area contributed by atoms with Gasteiger partial charge in [-0.2, -0.15) is 0 Å². The number of carbonyl (C=O) groups is 2. The predicted octanol–water partition coefficient (Wildman–Crippen LogP) is 4.38. The smallest absolute Gasteiger partial charge is 0.331 e. The molecule has 0 saturated carbocycles. The predicted molar refractivity (Wildman–Crippen MR) is 102 cm³/mol. The fourth-order valence-corrected chi connectivity index (χ4v) is 2.35. The Kier molecular flexibility index (Phi) is 6.96. The van der Waals surface area contributed by atoms with Gasteiger partial charge in [-0.1, -0.05) is 23.7 Å². The highest BCUT2D eigenvalue weighted by Gasteiger charge is 2.17. The average molecular weight is 392 g/mol. The Morgan fingerprint density at radius 2 is 1.96 bits per heavy atom. The number of hydrogen-bond acceptors (Lipinski definition) is 4. The van der Waals surface area contributed by atoms with E-state index in [0.29, 0.717) is 16.3 Å². The van der Waals surface area contributed by atoms with Crippen molar-refractivity contribution in [1.29, 1.82) is 0 Å². The average Bonchev–Trinajstić information content (AvgIpc) is 2.63. The summed E-state index contributed by atoms with van der Waals surface area (Å²) in [6.45, 7) is 3.27. The molecule has 0 spiro atoms. The fraction of sp³-hybridized carbons (Fsp3) is 0.200. The number of carbonyl (C=O) groups excluding carboxylic acids is 2. The van der Waals surface area contributed by atoms with E-state index in [2.05, 4.69) is 5.32 Å². The van der Waals surface area contributed by atoms with Crippen LogP contribution in [0, 0.1) is 12.7 Å². The van der Waals surface area contributed by atoms with E-state index in [1.54, 1.807) is 24.3 Å². The summed E-state index contributed by atoms with van der Waals surface area (Å²) in [5, 5.41) is 3.14. The van der Waals surface area contributed by atoms with E-state index in [0.717, 1.165) is 11.6 Å². The Hall–Kier alpha value is -2.86. The van der Waals surface area contributed by atoms with E-state index in [4.69, 9.17) is 21.1 Å². The number of hydrogen-bond donors (Lipinski definition) is 1. The van der Waals surface area contributed by atoms with Crippen LogP contribution >= 0.6 is 11.6 Å². The molecule has 0 saturated heterocycles. The van der Waals surface area contributed by atoms with Crippen LogP contribution in [0.15, 0.2) is 42.5 Å². The quantitative estimate of drug-likeness (QED) is 0.586. The van der Waals surface area contributed by atoms with Crippen molar-refractivity contribution in [3.05, 3.63) is 64.4 Å². The van der Waals surface area contributed by atoms with Gasteiger partial charge in [0, 0.05) is 16.8 Å². The minimum atomic E-state index is -1.02. The highest BCUT2D eigenvalue weighted by atomic mass is 35.5. The third kappa shape index (κ3) is 5.82. The number of nitrogens with one attached hydrogen (secondary N) is 1. The minimum Gasteiger partial charge on any atom is -0.494 e. The first-order valence-electron chi connectivity index (χ1n) is 8.09. The lowest BCUT2D eigenvalue weighted by atomic mass is 10.2. The largest absolute Gasteiger partial charge is 0.494 e. The van der Waals surface area contributed by atoms with Gasteiger partial charge in [0.05, 0.1) is 7.11 Å². The fourth-order valence-electron chi connectivity index (χ4n) is 2.18. The van der Waals surface area contributed by atoms with E-state index in [-0.39, 0.29) is 5.75 Å². The molecular weight excluding hydrogens is 373 g/mol. The van der Waals surface area contributed by atoms with E-state index in [1.165, 1.54) is 32.2 Å². The molecule has 0 bridgehead atoms. The lowest BCUT2D eigenvalue weighted by Crippen LogP contribution is -2.29. The zero-order chi connectivity index (χ0) is 20.0. The third-order valence-electron chi connectivity index (χ3n) is 3.71. The SMILES string of the molecule is COc1ccc(/C=C/C(=O)O[C@H](C)C(=O)Nc2cc(Cl)ccc2C)cc1F. The lowest BCUT2D eigenvalue weighted by molar-refractivity contribution is -0.148. The van der Waals surface area contributed by atoms with Crippen LogP contribution in [0.4, 0.5) is 10.1 Å². The molecule has 0 aromatic heterocycles. The van der Waals surface area contributed by atoms with Gasteiger partial charge in [0.15, 0.2) is 17.7 Å². The Labute approximate surface area is 161 Å². The maximum Gasteiger partial charge on any atom is 0.331 e. The number of amides is 1. The molecule has 0 fully saturated rings. The summed E-state index contributed by atoms with van der Waals surface area (Å²) in [5.74, 6) is -1.65. The monoisotopic (exact) mass is 391 g/mol. The Balaban J connectivity index is 1.95. The van der Waals surface area contributed by atoms with Crippen molar-refractivity contribution in [1.82, 2.24) is 0 Å². The summed E-state index contributed by atoms with van der Waals surface area (Å²) in [6.07, 6.45) is 1.49. The molecule has 142 valence electrons. The molecule has 1 atom stereocenters. The van der Waals surface area contributed by atoms with Crippen LogP contribution < -0.4 is 10.1 Å². The van der Waals surface area contributed by atoms with Crippen molar-refractivity contribution >= 4 is 35.2 Å². The highest BCUT2D eigenvalue weighted by molar-refractivity contribution is 6.31. The number of benzene rings is 2. The molecule has 5 nitrogen and oxygen atoms in total. The lowest BCUT2D eigenvalue weighted by Gasteiger charge is -2.14. The second-order valence-electron chi connectivity index (χ2n) is 5.75. The van der Waals surface area contributed by atoms with Gasteiger partial charge >= 0.3 is 5.97 Å². The van der Waals surface area contributed by atoms with Crippen molar-refractivity contribution in [3.8, 4) is 5.75 Å². The van der Waals surface area contributed by atoms with Crippen LogP contribution in [0.3, 0.4) is 0 Å². The van der Waals surface area contributed by atoms with Crippen LogP contribution in [-0.2, 0) is 14.3 Å². The maximum absolute atomic E-state index is 13.6. The molecule has 0 aliphatic carbocycles. The van der Waals surface area contributed by atoms with Gasteiger partial charge in [0.25, 0.3) is 5.91 Å². The molecule has 7 heteroatoms.